The van der Waals surface area contributed by atoms with E-state index in [0.717, 1.165) is 29.3 Å². The summed E-state index contributed by atoms with van der Waals surface area (Å²) in [6, 6.07) is 7.48. The Labute approximate surface area is 111 Å². The molecule has 0 fully saturated rings. The first-order valence-corrected chi connectivity index (χ1v) is 6.70. The van der Waals surface area contributed by atoms with E-state index in [0.29, 0.717) is 6.54 Å². The van der Waals surface area contributed by atoms with Crippen LogP contribution in [0.4, 0.5) is 0 Å². The van der Waals surface area contributed by atoms with Gasteiger partial charge in [-0.2, -0.15) is 0 Å². The van der Waals surface area contributed by atoms with E-state index < -0.39 is 0 Å². The minimum Gasteiger partial charge on any atom is -0.351 e. The molecule has 1 rings (SSSR count). The van der Waals surface area contributed by atoms with Gasteiger partial charge < -0.3 is 11.1 Å². The van der Waals surface area contributed by atoms with Crippen molar-refractivity contribution in [3.63, 3.8) is 0 Å². The van der Waals surface area contributed by atoms with Crippen molar-refractivity contribution in [2.75, 3.05) is 0 Å². The number of nitrogens with one attached hydrogen (secondary N) is 1. The van der Waals surface area contributed by atoms with Crippen molar-refractivity contribution in [2.45, 2.75) is 38.8 Å². The summed E-state index contributed by atoms with van der Waals surface area (Å²) in [5, 5.41) is 2.85. The lowest BCUT2D eigenvalue weighted by Crippen LogP contribution is -2.40. The third-order valence-corrected chi connectivity index (χ3v) is 3.11. The molecule has 3 N–H and O–H groups in total. The molecule has 17 heavy (non-hydrogen) atoms. The van der Waals surface area contributed by atoms with Crippen LogP contribution in [0.25, 0.3) is 0 Å². The van der Waals surface area contributed by atoms with Gasteiger partial charge in [0.1, 0.15) is 0 Å². The van der Waals surface area contributed by atoms with Gasteiger partial charge in [-0.3, -0.25) is 4.79 Å². The first-order chi connectivity index (χ1) is 8.13. The van der Waals surface area contributed by atoms with E-state index in [2.05, 4.69) is 28.2 Å². The summed E-state index contributed by atoms with van der Waals surface area (Å²) in [5.74, 6) is -0.0682. The van der Waals surface area contributed by atoms with E-state index >= 15 is 0 Å². The fraction of sp³-hybridized carbons (Fsp3) is 0.462. The van der Waals surface area contributed by atoms with Gasteiger partial charge in [-0.05, 0) is 24.1 Å². The highest BCUT2D eigenvalue weighted by molar-refractivity contribution is 9.10. The van der Waals surface area contributed by atoms with Crippen molar-refractivity contribution in [1.82, 2.24) is 5.32 Å². The van der Waals surface area contributed by atoms with E-state index in [1.165, 1.54) is 0 Å². The highest BCUT2D eigenvalue weighted by Gasteiger charge is 2.11. The van der Waals surface area contributed by atoms with Gasteiger partial charge in [-0.25, -0.2) is 0 Å². The average molecular weight is 299 g/mol. The van der Waals surface area contributed by atoms with Crippen molar-refractivity contribution in [3.05, 3.63) is 34.3 Å². The summed E-state index contributed by atoms with van der Waals surface area (Å²) in [4.78, 5) is 11.6. The van der Waals surface area contributed by atoms with Gasteiger partial charge in [0.15, 0.2) is 0 Å². The number of hydrogen-bond acceptors (Lipinski definition) is 2. The van der Waals surface area contributed by atoms with Crippen molar-refractivity contribution >= 4 is 21.8 Å². The quantitative estimate of drug-likeness (QED) is 0.848. The highest BCUT2D eigenvalue weighted by Crippen LogP contribution is 2.10. The Morgan fingerprint density at radius 2 is 2.06 bits per heavy atom. The molecule has 0 bridgehead atoms. The van der Waals surface area contributed by atoms with E-state index in [1.54, 1.807) is 0 Å². The summed E-state index contributed by atoms with van der Waals surface area (Å²) in [6.45, 7) is 2.62. The molecule has 0 unspecified atom stereocenters. The lowest BCUT2D eigenvalue weighted by Gasteiger charge is -2.11. The first-order valence-electron chi connectivity index (χ1n) is 5.91. The van der Waals surface area contributed by atoms with Crippen LogP contribution >= 0.6 is 15.9 Å². The van der Waals surface area contributed by atoms with Crippen LogP contribution in [-0.2, 0) is 11.3 Å². The first kappa shape index (κ1) is 14.2. The van der Waals surface area contributed by atoms with E-state index in [-0.39, 0.29) is 11.9 Å². The molecule has 0 aliphatic heterocycles. The predicted octanol–water partition coefficient (Wildman–Crippen LogP) is 2.58. The monoisotopic (exact) mass is 298 g/mol. The highest BCUT2D eigenvalue weighted by atomic mass is 79.9. The van der Waals surface area contributed by atoms with Gasteiger partial charge in [0.2, 0.25) is 5.91 Å². The second kappa shape index (κ2) is 7.45. The molecule has 3 nitrogen and oxygen atoms in total. The number of carbonyl (C=O) groups is 1. The molecule has 0 aliphatic rings. The van der Waals surface area contributed by atoms with E-state index in [4.69, 9.17) is 5.73 Å². The second-order valence-electron chi connectivity index (χ2n) is 4.09. The fourth-order valence-electron chi connectivity index (χ4n) is 1.48. The van der Waals surface area contributed by atoms with Crippen LogP contribution < -0.4 is 11.1 Å². The third-order valence-electron chi connectivity index (χ3n) is 2.59. The summed E-state index contributed by atoms with van der Waals surface area (Å²) < 4.78 is 1.03. The molecule has 0 radical (unpaired) electrons. The Morgan fingerprint density at radius 1 is 1.41 bits per heavy atom. The number of amides is 1. The number of benzene rings is 1. The maximum atomic E-state index is 11.6. The van der Waals surface area contributed by atoms with E-state index in [9.17, 15) is 4.79 Å². The van der Waals surface area contributed by atoms with Crippen LogP contribution in [0.5, 0.6) is 0 Å². The minimum absolute atomic E-state index is 0.0682. The fourth-order valence-corrected chi connectivity index (χ4v) is 1.74. The molecule has 0 aliphatic carbocycles. The SMILES string of the molecule is CCCC[C@H](N)C(=O)NCc1ccc(Br)cc1. The van der Waals surface area contributed by atoms with Crippen LogP contribution in [-0.4, -0.2) is 11.9 Å². The Balaban J connectivity index is 2.34. The summed E-state index contributed by atoms with van der Waals surface area (Å²) in [6.07, 6.45) is 2.81. The molecule has 1 amide bonds. The Hall–Kier alpha value is -0.870. The zero-order valence-electron chi connectivity index (χ0n) is 10.1. The van der Waals surface area contributed by atoms with Gasteiger partial charge in [0.25, 0.3) is 0 Å². The number of nitrogens with two attached hydrogens (primary N) is 1. The number of unbranched alkanes of at least 4 members (excludes halogenated alkanes) is 1. The smallest absolute Gasteiger partial charge is 0.237 e. The van der Waals surface area contributed by atoms with Crippen LogP contribution in [0.15, 0.2) is 28.7 Å². The van der Waals surface area contributed by atoms with Crippen LogP contribution in [0, 0.1) is 0 Å². The number of halogens is 1. The third kappa shape index (κ3) is 5.33. The lowest BCUT2D eigenvalue weighted by atomic mass is 10.1. The maximum absolute atomic E-state index is 11.6. The van der Waals surface area contributed by atoms with Gasteiger partial charge in [0, 0.05) is 11.0 Å². The lowest BCUT2D eigenvalue weighted by molar-refractivity contribution is -0.122. The molecule has 0 aromatic heterocycles. The zero-order chi connectivity index (χ0) is 12.7. The average Bonchev–Trinajstić information content (AvgIpc) is 2.34. The summed E-state index contributed by atoms with van der Waals surface area (Å²) in [7, 11) is 0. The van der Waals surface area contributed by atoms with Crippen molar-refractivity contribution in [3.8, 4) is 0 Å². The molecule has 0 saturated heterocycles. The Bertz CT molecular complexity index is 351. The Kier molecular flexibility index (Phi) is 6.22. The molecule has 1 aromatic carbocycles. The topological polar surface area (TPSA) is 55.1 Å². The predicted molar refractivity (Wildman–Crippen MR) is 73.5 cm³/mol. The zero-order valence-corrected chi connectivity index (χ0v) is 11.7. The van der Waals surface area contributed by atoms with Crippen LogP contribution in [0.1, 0.15) is 31.7 Å². The molecular formula is C13H19BrN2O. The van der Waals surface area contributed by atoms with Gasteiger partial charge in [-0.15, -0.1) is 0 Å². The summed E-state index contributed by atoms with van der Waals surface area (Å²) in [5.41, 5.74) is 6.85. The maximum Gasteiger partial charge on any atom is 0.237 e. The number of carbonyl (C=O) groups excluding carboxylic acids is 1. The van der Waals surface area contributed by atoms with Crippen molar-refractivity contribution in [1.29, 1.82) is 0 Å². The molecule has 0 saturated carbocycles. The van der Waals surface area contributed by atoms with Crippen LogP contribution in [0.2, 0.25) is 0 Å². The standard InChI is InChI=1S/C13H19BrN2O/c1-2-3-4-12(15)13(17)16-9-10-5-7-11(14)8-6-10/h5-8,12H,2-4,9,15H2,1H3,(H,16,17)/t12-/m0/s1. The molecular weight excluding hydrogens is 280 g/mol. The largest absolute Gasteiger partial charge is 0.351 e. The molecule has 0 heterocycles. The number of rotatable bonds is 6. The second-order valence-corrected chi connectivity index (χ2v) is 5.01. The summed E-state index contributed by atoms with van der Waals surface area (Å²) >= 11 is 3.37. The number of hydrogen-bond donors (Lipinski definition) is 2. The Morgan fingerprint density at radius 3 is 2.65 bits per heavy atom. The van der Waals surface area contributed by atoms with Gasteiger partial charge in [0.05, 0.1) is 6.04 Å². The van der Waals surface area contributed by atoms with E-state index in [1.807, 2.05) is 24.3 Å². The van der Waals surface area contributed by atoms with Crippen LogP contribution in [0.3, 0.4) is 0 Å². The molecule has 1 aromatic rings. The van der Waals surface area contributed by atoms with Crippen molar-refractivity contribution < 1.29 is 4.79 Å². The molecule has 94 valence electrons. The molecule has 0 spiro atoms. The molecule has 1 atom stereocenters. The minimum atomic E-state index is -0.384. The normalized spacial score (nSPS) is 12.2. The van der Waals surface area contributed by atoms with Gasteiger partial charge in [-0.1, -0.05) is 47.8 Å². The van der Waals surface area contributed by atoms with Crippen molar-refractivity contribution in [2.24, 2.45) is 5.73 Å². The van der Waals surface area contributed by atoms with Gasteiger partial charge >= 0.3 is 0 Å². The molecule has 4 heteroatoms.